The van der Waals surface area contributed by atoms with Gasteiger partial charge in [-0.1, -0.05) is 23.7 Å². The number of aromatic nitrogens is 1. The van der Waals surface area contributed by atoms with Crippen LogP contribution in [0.25, 0.3) is 0 Å². The second-order valence-electron chi connectivity index (χ2n) is 5.22. The number of benzene rings is 1. The van der Waals surface area contributed by atoms with E-state index >= 15 is 0 Å². The lowest BCUT2D eigenvalue weighted by Gasteiger charge is -2.15. The molecule has 0 saturated carbocycles. The fourth-order valence-electron chi connectivity index (χ4n) is 2.10. The maximum Gasteiger partial charge on any atom is 0.417 e. The van der Waals surface area contributed by atoms with Crippen LogP contribution in [0.5, 0.6) is 0 Å². The number of amides is 1. The summed E-state index contributed by atoms with van der Waals surface area (Å²) in [5.74, 6) is -0.570. The number of hydrogen-bond donors (Lipinski definition) is 1. The molecule has 2 aromatic rings. The molecule has 1 N–H and O–H groups in total. The first-order chi connectivity index (χ1) is 11.2. The van der Waals surface area contributed by atoms with E-state index in [1.807, 2.05) is 0 Å². The minimum atomic E-state index is -4.58. The van der Waals surface area contributed by atoms with Gasteiger partial charge in [-0.25, -0.2) is 0 Å². The molecule has 0 fully saturated rings. The van der Waals surface area contributed by atoms with Gasteiger partial charge >= 0.3 is 6.18 Å². The van der Waals surface area contributed by atoms with Crippen LogP contribution in [-0.2, 0) is 17.5 Å². The van der Waals surface area contributed by atoms with Crippen LogP contribution in [0.15, 0.2) is 47.4 Å². The van der Waals surface area contributed by atoms with Crippen molar-refractivity contribution in [1.82, 2.24) is 9.88 Å². The van der Waals surface area contributed by atoms with Gasteiger partial charge < -0.3 is 9.88 Å². The summed E-state index contributed by atoms with van der Waals surface area (Å²) in [6, 6.07) is 7.88. The highest BCUT2D eigenvalue weighted by Gasteiger charge is 2.31. The molecule has 24 heavy (non-hydrogen) atoms. The van der Waals surface area contributed by atoms with E-state index in [-0.39, 0.29) is 6.04 Å². The Kier molecular flexibility index (Phi) is 5.33. The van der Waals surface area contributed by atoms with E-state index in [4.69, 9.17) is 11.6 Å². The van der Waals surface area contributed by atoms with Crippen molar-refractivity contribution in [2.24, 2.45) is 0 Å². The van der Waals surface area contributed by atoms with Crippen molar-refractivity contribution in [1.29, 1.82) is 0 Å². The normalized spacial score (nSPS) is 12.7. The van der Waals surface area contributed by atoms with Gasteiger partial charge in [-0.3, -0.25) is 9.59 Å². The molecule has 2 rings (SSSR count). The number of carbonyl (C=O) groups is 1. The topological polar surface area (TPSA) is 51.1 Å². The standard InChI is InChI=1S/C16H14ClF3N2O2/c1-10(11-2-5-13(17)6-3-11)21-14(23)9-22-8-12(16(18,19)20)4-7-15(22)24/h2-8,10H,9H2,1H3,(H,21,23)/t10-/m1/s1. The van der Waals surface area contributed by atoms with Gasteiger partial charge in [-0.15, -0.1) is 0 Å². The predicted molar refractivity (Wildman–Crippen MR) is 83.7 cm³/mol. The minimum absolute atomic E-state index is 0.378. The summed E-state index contributed by atoms with van der Waals surface area (Å²) >= 11 is 5.78. The molecule has 4 nitrogen and oxygen atoms in total. The Morgan fingerprint density at radius 3 is 2.42 bits per heavy atom. The summed E-state index contributed by atoms with van der Waals surface area (Å²) in [6.07, 6.45) is -3.95. The number of halogens is 4. The first-order valence-corrected chi connectivity index (χ1v) is 7.37. The van der Waals surface area contributed by atoms with Crippen molar-refractivity contribution in [3.8, 4) is 0 Å². The molecule has 0 radical (unpaired) electrons. The van der Waals surface area contributed by atoms with Gasteiger partial charge in [-0.05, 0) is 30.7 Å². The molecule has 1 aromatic heterocycles. The van der Waals surface area contributed by atoms with E-state index in [9.17, 15) is 22.8 Å². The van der Waals surface area contributed by atoms with Crippen LogP contribution >= 0.6 is 11.6 Å². The summed E-state index contributed by atoms with van der Waals surface area (Å²) in [7, 11) is 0. The lowest BCUT2D eigenvalue weighted by atomic mass is 10.1. The third-order valence-electron chi connectivity index (χ3n) is 3.37. The predicted octanol–water partition coefficient (Wildman–Crippen LogP) is 3.40. The molecule has 0 aliphatic carbocycles. The highest BCUT2D eigenvalue weighted by molar-refractivity contribution is 6.30. The van der Waals surface area contributed by atoms with Crippen molar-refractivity contribution in [3.05, 3.63) is 69.1 Å². The molecule has 0 bridgehead atoms. The average molecular weight is 359 g/mol. The largest absolute Gasteiger partial charge is 0.417 e. The molecule has 0 aliphatic heterocycles. The van der Waals surface area contributed by atoms with Gasteiger partial charge in [0, 0.05) is 17.3 Å². The van der Waals surface area contributed by atoms with E-state index in [1.165, 1.54) is 0 Å². The smallest absolute Gasteiger partial charge is 0.348 e. The molecule has 0 unspecified atom stereocenters. The molecule has 8 heteroatoms. The quantitative estimate of drug-likeness (QED) is 0.910. The highest BCUT2D eigenvalue weighted by atomic mass is 35.5. The van der Waals surface area contributed by atoms with Crippen molar-refractivity contribution in [2.75, 3.05) is 0 Å². The first-order valence-electron chi connectivity index (χ1n) is 6.99. The average Bonchev–Trinajstić information content (AvgIpc) is 2.48. The Balaban J connectivity index is 2.09. The first kappa shape index (κ1) is 18.1. The second-order valence-corrected chi connectivity index (χ2v) is 5.66. The molecular formula is C16H14ClF3N2O2. The molecule has 0 aliphatic rings. The second kappa shape index (κ2) is 7.09. The summed E-state index contributed by atoms with van der Waals surface area (Å²) < 4.78 is 38.8. The number of hydrogen-bond acceptors (Lipinski definition) is 2. The zero-order valence-corrected chi connectivity index (χ0v) is 13.4. The monoisotopic (exact) mass is 358 g/mol. The fraction of sp³-hybridized carbons (Fsp3) is 0.250. The van der Waals surface area contributed by atoms with Gasteiger partial charge in [-0.2, -0.15) is 13.2 Å². The van der Waals surface area contributed by atoms with E-state index in [1.54, 1.807) is 31.2 Å². The number of carbonyl (C=O) groups excluding carboxylic acids is 1. The fourth-order valence-corrected chi connectivity index (χ4v) is 2.23. The zero-order chi connectivity index (χ0) is 17.9. The van der Waals surface area contributed by atoms with Gasteiger partial charge in [0.15, 0.2) is 0 Å². The highest BCUT2D eigenvalue weighted by Crippen LogP contribution is 2.28. The van der Waals surface area contributed by atoms with Crippen LogP contribution in [-0.4, -0.2) is 10.5 Å². The van der Waals surface area contributed by atoms with Gasteiger partial charge in [0.1, 0.15) is 6.54 Å². The Morgan fingerprint density at radius 1 is 1.21 bits per heavy atom. The summed E-state index contributed by atoms with van der Waals surface area (Å²) in [5.41, 5.74) is -0.887. The zero-order valence-electron chi connectivity index (χ0n) is 12.6. The lowest BCUT2D eigenvalue weighted by Crippen LogP contribution is -2.34. The minimum Gasteiger partial charge on any atom is -0.348 e. The van der Waals surface area contributed by atoms with Gasteiger partial charge in [0.2, 0.25) is 5.91 Å². The van der Waals surface area contributed by atoms with E-state index < -0.39 is 29.8 Å². The van der Waals surface area contributed by atoms with E-state index in [0.29, 0.717) is 17.3 Å². The van der Waals surface area contributed by atoms with Crippen molar-refractivity contribution < 1.29 is 18.0 Å². The van der Waals surface area contributed by atoms with E-state index in [2.05, 4.69) is 5.32 Å². The Bertz CT molecular complexity index is 785. The molecule has 1 aromatic carbocycles. The summed E-state index contributed by atoms with van der Waals surface area (Å²) in [6.45, 7) is 1.22. The van der Waals surface area contributed by atoms with Crippen LogP contribution in [0.4, 0.5) is 13.2 Å². The van der Waals surface area contributed by atoms with Crippen LogP contribution in [0.1, 0.15) is 24.1 Å². The molecule has 1 heterocycles. The third-order valence-corrected chi connectivity index (χ3v) is 3.62. The van der Waals surface area contributed by atoms with Gasteiger partial charge in [0.25, 0.3) is 5.56 Å². The maximum absolute atomic E-state index is 12.7. The van der Waals surface area contributed by atoms with Crippen molar-refractivity contribution in [2.45, 2.75) is 25.7 Å². The van der Waals surface area contributed by atoms with Crippen LogP contribution in [0, 0.1) is 0 Å². The summed E-state index contributed by atoms with van der Waals surface area (Å²) in [5, 5.41) is 3.18. The van der Waals surface area contributed by atoms with Crippen molar-refractivity contribution >= 4 is 17.5 Å². The Labute approximate surface area is 140 Å². The third kappa shape index (κ3) is 4.61. The number of nitrogens with one attached hydrogen (secondary N) is 1. The van der Waals surface area contributed by atoms with Crippen LogP contribution < -0.4 is 10.9 Å². The Morgan fingerprint density at radius 2 is 1.83 bits per heavy atom. The number of pyridine rings is 1. The van der Waals surface area contributed by atoms with E-state index in [0.717, 1.165) is 16.2 Å². The number of rotatable bonds is 4. The molecule has 0 spiro atoms. The molecule has 0 saturated heterocycles. The molecule has 1 amide bonds. The van der Waals surface area contributed by atoms with Crippen molar-refractivity contribution in [3.63, 3.8) is 0 Å². The molecule has 1 atom stereocenters. The van der Waals surface area contributed by atoms with Crippen LogP contribution in [0.2, 0.25) is 5.02 Å². The maximum atomic E-state index is 12.7. The number of nitrogens with zero attached hydrogens (tertiary/aromatic N) is 1. The SMILES string of the molecule is C[C@@H](NC(=O)Cn1cc(C(F)(F)F)ccc1=O)c1ccc(Cl)cc1. The van der Waals surface area contributed by atoms with Gasteiger partial charge in [0.05, 0.1) is 11.6 Å². The summed E-state index contributed by atoms with van der Waals surface area (Å²) in [4.78, 5) is 23.6. The molecular weight excluding hydrogens is 345 g/mol. The Hall–Kier alpha value is -2.28. The van der Waals surface area contributed by atoms with Crippen LogP contribution in [0.3, 0.4) is 0 Å². The number of alkyl halides is 3. The lowest BCUT2D eigenvalue weighted by molar-refractivity contribution is -0.138. The molecule has 128 valence electrons.